The maximum atomic E-state index is 11.3. The van der Waals surface area contributed by atoms with Gasteiger partial charge in [-0.25, -0.2) is 5.84 Å². The van der Waals surface area contributed by atoms with E-state index < -0.39 is 17.2 Å². The molecule has 0 aromatic heterocycles. The molecule has 0 aliphatic heterocycles. The minimum Gasteiger partial charge on any atom is -0.314 e. The Labute approximate surface area is 85.1 Å². The van der Waals surface area contributed by atoms with Crippen LogP contribution in [0.25, 0.3) is 0 Å². The lowest BCUT2D eigenvalue weighted by molar-refractivity contribution is -0.136. The third kappa shape index (κ3) is 2.89. The van der Waals surface area contributed by atoms with Crippen molar-refractivity contribution < 1.29 is 9.59 Å². The molecule has 0 saturated heterocycles. The normalized spacial score (nSPS) is 9.13. The number of rotatable bonds is 1. The van der Waals surface area contributed by atoms with Crippen LogP contribution in [-0.4, -0.2) is 11.8 Å². The number of hydrazine groups is 1. The molecule has 4 N–H and O–H groups in total. The van der Waals surface area contributed by atoms with Crippen molar-refractivity contribution in [3.05, 3.63) is 40.6 Å². The lowest BCUT2D eigenvalue weighted by atomic mass is 10.4. The molecular weight excluding hydrogens is 198 g/mol. The molecule has 0 unspecified atom stereocenters. The largest absolute Gasteiger partial charge is 0.323 e. The Morgan fingerprint density at radius 2 is 1.73 bits per heavy atom. The molecular formula is C9H9N3O3. The summed E-state index contributed by atoms with van der Waals surface area (Å²) in [6.45, 7) is 0. The Balaban J connectivity index is 2.92. The molecule has 6 nitrogen and oxygen atoms in total. The highest BCUT2D eigenvalue weighted by molar-refractivity contribution is 6.39. The monoisotopic (exact) mass is 207 g/mol. The molecule has 2 amide bonds. The van der Waals surface area contributed by atoms with Crippen molar-refractivity contribution in [2.45, 2.75) is 0 Å². The van der Waals surface area contributed by atoms with Crippen molar-refractivity contribution in [2.24, 2.45) is 5.84 Å². The van der Waals surface area contributed by atoms with Gasteiger partial charge in [-0.1, -0.05) is 18.2 Å². The minimum atomic E-state index is -1.01. The van der Waals surface area contributed by atoms with Crippen molar-refractivity contribution in [2.75, 3.05) is 5.32 Å². The highest BCUT2D eigenvalue weighted by Gasteiger charge is 2.12. The van der Waals surface area contributed by atoms with Gasteiger partial charge in [-0.15, -0.1) is 0 Å². The molecule has 0 aliphatic carbocycles. The fourth-order valence-corrected chi connectivity index (χ4v) is 0.879. The number of amides is 2. The van der Waals surface area contributed by atoms with Crippen LogP contribution in [0.2, 0.25) is 0 Å². The Hall–Kier alpha value is -2.21. The maximum Gasteiger partial charge on any atom is 0.323 e. The third-order valence-corrected chi connectivity index (χ3v) is 1.58. The predicted octanol–water partition coefficient (Wildman–Crippen LogP) is -1.02. The van der Waals surface area contributed by atoms with Crippen LogP contribution in [-0.2, 0) is 9.59 Å². The van der Waals surface area contributed by atoms with Gasteiger partial charge in [-0.3, -0.25) is 19.8 Å². The number of nitrogens with two attached hydrogens (primary N) is 1. The van der Waals surface area contributed by atoms with Crippen molar-refractivity contribution in [3.63, 3.8) is 0 Å². The quantitative estimate of drug-likeness (QED) is 0.237. The van der Waals surface area contributed by atoms with E-state index in [2.05, 4.69) is 5.32 Å². The van der Waals surface area contributed by atoms with E-state index in [1.165, 1.54) is 18.2 Å². The standard InChI is InChI=1S/C9H9N3O3/c10-12-9(15)8(14)11-6-4-2-1-3-5-7(6)13/h1-5H,10H2,(H,12,15)(H,11,13,14). The van der Waals surface area contributed by atoms with Gasteiger partial charge in [0.05, 0.1) is 5.69 Å². The summed E-state index contributed by atoms with van der Waals surface area (Å²) in [5.41, 5.74) is 1.29. The summed E-state index contributed by atoms with van der Waals surface area (Å²) in [6.07, 6.45) is 0. The summed E-state index contributed by atoms with van der Waals surface area (Å²) < 4.78 is 0. The Bertz CT molecular complexity index is 445. The van der Waals surface area contributed by atoms with Gasteiger partial charge in [0.2, 0.25) is 5.43 Å². The second kappa shape index (κ2) is 4.87. The number of carbonyl (C=O) groups is 2. The molecule has 0 fully saturated rings. The SMILES string of the molecule is NNC(=O)C(=O)Nc1cccccc1=O. The van der Waals surface area contributed by atoms with E-state index in [-0.39, 0.29) is 5.69 Å². The Morgan fingerprint density at radius 1 is 1.07 bits per heavy atom. The predicted molar refractivity (Wildman–Crippen MR) is 53.7 cm³/mol. The second-order valence-corrected chi connectivity index (χ2v) is 2.62. The Morgan fingerprint density at radius 3 is 2.40 bits per heavy atom. The van der Waals surface area contributed by atoms with Crippen LogP contribution in [0.15, 0.2) is 35.1 Å². The third-order valence-electron chi connectivity index (χ3n) is 1.58. The van der Waals surface area contributed by atoms with E-state index in [0.29, 0.717) is 0 Å². The molecule has 6 heteroatoms. The summed E-state index contributed by atoms with van der Waals surface area (Å²) in [5, 5.41) is 2.14. The van der Waals surface area contributed by atoms with Crippen LogP contribution >= 0.6 is 0 Å². The first-order valence-corrected chi connectivity index (χ1v) is 4.06. The molecule has 1 aromatic rings. The summed E-state index contributed by atoms with van der Waals surface area (Å²) in [4.78, 5) is 33.1. The van der Waals surface area contributed by atoms with Gasteiger partial charge in [-0.05, 0) is 12.1 Å². The first-order valence-electron chi connectivity index (χ1n) is 4.06. The smallest absolute Gasteiger partial charge is 0.314 e. The average molecular weight is 207 g/mol. The average Bonchev–Trinajstić information content (AvgIpc) is 2.43. The summed E-state index contributed by atoms with van der Waals surface area (Å²) in [6, 6.07) is 7.39. The van der Waals surface area contributed by atoms with E-state index >= 15 is 0 Å². The molecule has 15 heavy (non-hydrogen) atoms. The molecule has 0 spiro atoms. The molecule has 0 heterocycles. The van der Waals surface area contributed by atoms with Crippen LogP contribution in [0.4, 0.5) is 5.69 Å². The van der Waals surface area contributed by atoms with Crippen LogP contribution in [0.1, 0.15) is 0 Å². The van der Waals surface area contributed by atoms with Crippen molar-refractivity contribution in [3.8, 4) is 0 Å². The first kappa shape index (κ1) is 10.9. The summed E-state index contributed by atoms with van der Waals surface area (Å²) in [7, 11) is 0. The van der Waals surface area contributed by atoms with E-state index in [1.807, 2.05) is 0 Å². The molecule has 0 atom stereocenters. The zero-order valence-corrected chi connectivity index (χ0v) is 7.69. The van der Waals surface area contributed by atoms with Crippen LogP contribution in [0, 0.1) is 0 Å². The number of hydrogen-bond acceptors (Lipinski definition) is 4. The van der Waals surface area contributed by atoms with Crippen LogP contribution in [0.5, 0.6) is 0 Å². The van der Waals surface area contributed by atoms with Crippen LogP contribution < -0.4 is 22.0 Å². The first-order chi connectivity index (χ1) is 7.15. The highest BCUT2D eigenvalue weighted by Crippen LogP contribution is 1.96. The fourth-order valence-electron chi connectivity index (χ4n) is 0.879. The molecule has 0 saturated carbocycles. The highest BCUT2D eigenvalue weighted by atomic mass is 16.2. The van der Waals surface area contributed by atoms with Crippen molar-refractivity contribution in [1.82, 2.24) is 5.43 Å². The summed E-state index contributed by atoms with van der Waals surface area (Å²) >= 11 is 0. The molecule has 0 aliphatic rings. The van der Waals surface area contributed by atoms with Crippen LogP contribution in [0.3, 0.4) is 0 Å². The summed E-state index contributed by atoms with van der Waals surface area (Å²) in [5.74, 6) is 2.75. The van der Waals surface area contributed by atoms with E-state index in [9.17, 15) is 14.4 Å². The van der Waals surface area contributed by atoms with Gasteiger partial charge in [0.1, 0.15) is 0 Å². The van der Waals surface area contributed by atoms with Gasteiger partial charge >= 0.3 is 11.8 Å². The van der Waals surface area contributed by atoms with Gasteiger partial charge in [0.15, 0.2) is 0 Å². The van der Waals surface area contributed by atoms with E-state index in [0.717, 1.165) is 0 Å². The maximum absolute atomic E-state index is 11.3. The number of carbonyl (C=O) groups excluding carboxylic acids is 2. The van der Waals surface area contributed by atoms with Crippen molar-refractivity contribution >= 4 is 17.5 Å². The van der Waals surface area contributed by atoms with Gasteiger partial charge in [-0.2, -0.15) is 0 Å². The topological polar surface area (TPSA) is 101 Å². The second-order valence-electron chi connectivity index (χ2n) is 2.62. The molecule has 0 bridgehead atoms. The molecule has 1 rings (SSSR count). The number of anilines is 1. The van der Waals surface area contributed by atoms with Gasteiger partial charge < -0.3 is 5.32 Å². The van der Waals surface area contributed by atoms with Crippen molar-refractivity contribution in [1.29, 1.82) is 0 Å². The van der Waals surface area contributed by atoms with Gasteiger partial charge in [0.25, 0.3) is 0 Å². The lowest BCUT2D eigenvalue weighted by Gasteiger charge is -2.00. The minimum absolute atomic E-state index is 0.0219. The number of nitrogens with one attached hydrogen (secondary N) is 2. The van der Waals surface area contributed by atoms with E-state index in [1.54, 1.807) is 17.6 Å². The Kier molecular flexibility index (Phi) is 3.53. The zero-order chi connectivity index (χ0) is 11.3. The fraction of sp³-hybridized carbons (Fsp3) is 0. The lowest BCUT2D eigenvalue weighted by Crippen LogP contribution is -2.40. The molecule has 78 valence electrons. The number of hydrogen-bond donors (Lipinski definition) is 3. The van der Waals surface area contributed by atoms with E-state index in [4.69, 9.17) is 5.84 Å². The molecule has 1 aromatic carbocycles. The zero-order valence-electron chi connectivity index (χ0n) is 7.69. The van der Waals surface area contributed by atoms with Gasteiger partial charge in [0, 0.05) is 0 Å². The molecule has 0 radical (unpaired) electrons.